The molecule has 0 spiro atoms. The lowest BCUT2D eigenvalue weighted by Gasteiger charge is -2.23. The number of ether oxygens (including phenoxy) is 3. The Labute approximate surface area is 159 Å². The first-order chi connectivity index (χ1) is 12.7. The molecule has 0 atom stereocenters. The molecular formula is C20H24ClNO4. The Morgan fingerprint density at radius 1 is 0.962 bits per heavy atom. The van der Waals surface area contributed by atoms with E-state index in [0.717, 1.165) is 5.56 Å². The minimum Gasteiger partial charge on any atom is -0.488 e. The number of hydrogen-bond acceptors (Lipinski definition) is 4. The van der Waals surface area contributed by atoms with Crippen molar-refractivity contribution in [3.05, 3.63) is 64.7 Å². The summed E-state index contributed by atoms with van der Waals surface area (Å²) in [6.07, 6.45) is 0. The molecule has 140 valence electrons. The summed E-state index contributed by atoms with van der Waals surface area (Å²) in [4.78, 5) is 14.7. The molecule has 5 nitrogen and oxygen atoms in total. The first-order valence-electron chi connectivity index (χ1n) is 8.39. The van der Waals surface area contributed by atoms with Crippen LogP contribution in [0.2, 0.25) is 5.02 Å². The normalized spacial score (nSPS) is 10.6. The summed E-state index contributed by atoms with van der Waals surface area (Å²) in [6, 6.07) is 14.7. The number of methoxy groups -OCH3 is 2. The van der Waals surface area contributed by atoms with Gasteiger partial charge >= 0.3 is 0 Å². The molecule has 0 aliphatic heterocycles. The number of halogens is 1. The van der Waals surface area contributed by atoms with Gasteiger partial charge < -0.3 is 19.1 Å². The quantitative estimate of drug-likeness (QED) is 0.634. The van der Waals surface area contributed by atoms with Crippen LogP contribution in [0.3, 0.4) is 0 Å². The molecule has 0 bridgehead atoms. The fraction of sp³-hybridized carbons (Fsp3) is 0.350. The molecule has 0 aliphatic rings. The van der Waals surface area contributed by atoms with Gasteiger partial charge in [-0.25, -0.2) is 0 Å². The van der Waals surface area contributed by atoms with Gasteiger partial charge in [0, 0.05) is 32.3 Å². The van der Waals surface area contributed by atoms with Crippen molar-refractivity contribution < 1.29 is 19.0 Å². The van der Waals surface area contributed by atoms with Crippen LogP contribution in [0.25, 0.3) is 0 Å². The number of benzene rings is 2. The lowest BCUT2D eigenvalue weighted by Crippen LogP contribution is -2.36. The zero-order valence-corrected chi connectivity index (χ0v) is 15.9. The molecule has 0 heterocycles. The molecule has 0 aromatic heterocycles. The van der Waals surface area contributed by atoms with Crippen LogP contribution in [0.4, 0.5) is 0 Å². The molecule has 0 radical (unpaired) electrons. The Kier molecular flexibility index (Phi) is 8.41. The van der Waals surface area contributed by atoms with Crippen molar-refractivity contribution >= 4 is 17.5 Å². The third-order valence-corrected chi connectivity index (χ3v) is 4.09. The maximum atomic E-state index is 13.0. The van der Waals surface area contributed by atoms with E-state index in [2.05, 4.69) is 0 Å². The molecule has 6 heteroatoms. The van der Waals surface area contributed by atoms with Crippen molar-refractivity contribution in [3.8, 4) is 5.75 Å². The molecular weight excluding hydrogens is 354 g/mol. The summed E-state index contributed by atoms with van der Waals surface area (Å²) in [5, 5.41) is 0.677. The number of hydrogen-bond donors (Lipinski definition) is 0. The first-order valence-corrected chi connectivity index (χ1v) is 8.77. The molecule has 26 heavy (non-hydrogen) atoms. The zero-order valence-electron chi connectivity index (χ0n) is 15.1. The van der Waals surface area contributed by atoms with Crippen LogP contribution in [0.5, 0.6) is 5.75 Å². The Balaban J connectivity index is 2.11. The fourth-order valence-corrected chi connectivity index (χ4v) is 2.53. The maximum Gasteiger partial charge on any atom is 0.257 e. The summed E-state index contributed by atoms with van der Waals surface area (Å²) in [6.45, 7) is 2.26. The highest BCUT2D eigenvalue weighted by Crippen LogP contribution is 2.21. The van der Waals surface area contributed by atoms with Gasteiger partial charge in [-0.3, -0.25) is 4.79 Å². The third kappa shape index (κ3) is 6.02. The third-order valence-electron chi connectivity index (χ3n) is 3.84. The van der Waals surface area contributed by atoms with Gasteiger partial charge in [0.05, 0.1) is 18.8 Å². The average Bonchev–Trinajstić information content (AvgIpc) is 2.67. The molecule has 2 aromatic rings. The van der Waals surface area contributed by atoms with E-state index in [0.29, 0.717) is 49.2 Å². The van der Waals surface area contributed by atoms with E-state index in [9.17, 15) is 4.79 Å². The number of rotatable bonds is 10. The van der Waals surface area contributed by atoms with Crippen molar-refractivity contribution in [2.75, 3.05) is 40.5 Å². The highest BCUT2D eigenvalue weighted by molar-refractivity contribution is 6.30. The minimum atomic E-state index is -0.106. The van der Waals surface area contributed by atoms with Crippen LogP contribution in [0.1, 0.15) is 15.9 Å². The molecule has 0 saturated heterocycles. The van der Waals surface area contributed by atoms with Gasteiger partial charge in [0.1, 0.15) is 12.4 Å². The van der Waals surface area contributed by atoms with Gasteiger partial charge in [-0.15, -0.1) is 0 Å². The van der Waals surface area contributed by atoms with Crippen LogP contribution in [0, 0.1) is 0 Å². The smallest absolute Gasteiger partial charge is 0.257 e. The second-order valence-corrected chi connectivity index (χ2v) is 6.13. The second-order valence-electron chi connectivity index (χ2n) is 5.69. The van der Waals surface area contributed by atoms with Gasteiger partial charge in [-0.05, 0) is 29.8 Å². The molecule has 0 aliphatic carbocycles. The second kappa shape index (κ2) is 10.8. The van der Waals surface area contributed by atoms with E-state index in [-0.39, 0.29) is 5.91 Å². The lowest BCUT2D eigenvalue weighted by atomic mass is 10.1. The molecule has 1 amide bonds. The average molecular weight is 378 g/mol. The summed E-state index contributed by atoms with van der Waals surface area (Å²) in [5.41, 5.74) is 1.50. The fourth-order valence-electron chi connectivity index (χ4n) is 2.40. The summed E-state index contributed by atoms with van der Waals surface area (Å²) >= 11 is 5.90. The highest BCUT2D eigenvalue weighted by atomic mass is 35.5. The summed E-state index contributed by atoms with van der Waals surface area (Å²) in [5.74, 6) is 0.443. The maximum absolute atomic E-state index is 13.0. The molecule has 0 N–H and O–H groups in total. The van der Waals surface area contributed by atoms with Crippen LogP contribution in [-0.2, 0) is 16.1 Å². The zero-order chi connectivity index (χ0) is 18.8. The van der Waals surface area contributed by atoms with Gasteiger partial charge in [0.25, 0.3) is 5.91 Å². The van der Waals surface area contributed by atoms with E-state index < -0.39 is 0 Å². The monoisotopic (exact) mass is 377 g/mol. The Morgan fingerprint density at radius 2 is 1.58 bits per heavy atom. The summed E-state index contributed by atoms with van der Waals surface area (Å²) < 4.78 is 16.1. The Morgan fingerprint density at radius 3 is 2.19 bits per heavy atom. The van der Waals surface area contributed by atoms with Crippen molar-refractivity contribution in [2.24, 2.45) is 0 Å². The van der Waals surface area contributed by atoms with E-state index in [1.165, 1.54) is 0 Å². The van der Waals surface area contributed by atoms with Crippen molar-refractivity contribution in [2.45, 2.75) is 6.61 Å². The van der Waals surface area contributed by atoms with Crippen LogP contribution < -0.4 is 4.74 Å². The van der Waals surface area contributed by atoms with E-state index in [1.807, 2.05) is 36.4 Å². The van der Waals surface area contributed by atoms with Crippen LogP contribution in [-0.4, -0.2) is 51.3 Å². The number of amides is 1. The molecule has 0 fully saturated rings. The topological polar surface area (TPSA) is 48.0 Å². The largest absolute Gasteiger partial charge is 0.488 e. The van der Waals surface area contributed by atoms with Crippen LogP contribution in [0.15, 0.2) is 48.5 Å². The predicted octanol–water partition coefficient (Wildman–Crippen LogP) is 3.65. The van der Waals surface area contributed by atoms with E-state index >= 15 is 0 Å². The SMILES string of the molecule is COCCN(CCOC)C(=O)c1ccccc1OCc1ccc(Cl)cc1. The van der Waals surface area contributed by atoms with Crippen molar-refractivity contribution in [3.63, 3.8) is 0 Å². The molecule has 0 unspecified atom stereocenters. The molecule has 2 rings (SSSR count). The summed E-state index contributed by atoms with van der Waals surface area (Å²) in [7, 11) is 3.23. The number of para-hydroxylation sites is 1. The lowest BCUT2D eigenvalue weighted by molar-refractivity contribution is 0.0623. The molecule has 0 saturated carbocycles. The van der Waals surface area contributed by atoms with Crippen molar-refractivity contribution in [1.29, 1.82) is 0 Å². The number of nitrogens with zero attached hydrogens (tertiary/aromatic N) is 1. The first kappa shape index (κ1) is 20.2. The van der Waals surface area contributed by atoms with E-state index in [4.69, 9.17) is 25.8 Å². The Bertz CT molecular complexity index is 682. The van der Waals surface area contributed by atoms with Crippen molar-refractivity contribution in [1.82, 2.24) is 4.90 Å². The predicted molar refractivity (Wildman–Crippen MR) is 102 cm³/mol. The van der Waals surface area contributed by atoms with Gasteiger partial charge in [-0.1, -0.05) is 35.9 Å². The van der Waals surface area contributed by atoms with Gasteiger partial charge in [0.15, 0.2) is 0 Å². The number of carbonyl (C=O) groups is 1. The highest BCUT2D eigenvalue weighted by Gasteiger charge is 2.19. The van der Waals surface area contributed by atoms with E-state index in [1.54, 1.807) is 31.3 Å². The molecule has 2 aromatic carbocycles. The van der Waals surface area contributed by atoms with Gasteiger partial charge in [0.2, 0.25) is 0 Å². The minimum absolute atomic E-state index is 0.106. The van der Waals surface area contributed by atoms with Crippen LogP contribution >= 0.6 is 11.6 Å². The van der Waals surface area contributed by atoms with Gasteiger partial charge in [-0.2, -0.15) is 0 Å². The Hall–Kier alpha value is -2.08. The number of carbonyl (C=O) groups excluding carboxylic acids is 1. The standard InChI is InChI=1S/C20H24ClNO4/c1-24-13-11-22(12-14-25-2)20(23)18-5-3-4-6-19(18)26-15-16-7-9-17(21)10-8-16/h3-10H,11-15H2,1-2H3.